The zero-order valence-corrected chi connectivity index (χ0v) is 15.1. The third-order valence-corrected chi connectivity index (χ3v) is 5.09. The molecule has 5 rings (SSSR count). The van der Waals surface area contributed by atoms with Crippen LogP contribution in [-0.4, -0.2) is 20.1 Å². The fraction of sp³-hybridized carbons (Fsp3) is 0.286. The van der Waals surface area contributed by atoms with E-state index in [0.717, 1.165) is 30.5 Å². The van der Waals surface area contributed by atoms with Crippen molar-refractivity contribution in [3.63, 3.8) is 0 Å². The molecular formula is C21H20N4O2. The summed E-state index contributed by atoms with van der Waals surface area (Å²) < 4.78 is 11.8. The first kappa shape index (κ1) is 16.2. The van der Waals surface area contributed by atoms with Crippen LogP contribution in [0.4, 0.5) is 0 Å². The lowest BCUT2D eigenvalue weighted by molar-refractivity contribution is 0.125. The number of oxazole rings is 1. The number of hydrogen-bond acceptors (Lipinski definition) is 6. The molecule has 3 heterocycles. The van der Waals surface area contributed by atoms with Crippen LogP contribution < -0.4 is 0 Å². The quantitative estimate of drug-likeness (QED) is 0.546. The van der Waals surface area contributed by atoms with Crippen LogP contribution in [0.25, 0.3) is 11.1 Å². The second-order valence-electron chi connectivity index (χ2n) is 6.86. The Balaban J connectivity index is 1.50. The van der Waals surface area contributed by atoms with Crippen LogP contribution >= 0.6 is 0 Å². The first-order chi connectivity index (χ1) is 13.3. The van der Waals surface area contributed by atoms with Crippen molar-refractivity contribution < 1.29 is 8.83 Å². The van der Waals surface area contributed by atoms with Crippen LogP contribution in [0.1, 0.15) is 41.8 Å². The molecule has 1 aliphatic heterocycles. The number of aromatic nitrogens is 3. The lowest BCUT2D eigenvalue weighted by Crippen LogP contribution is -2.34. The maximum absolute atomic E-state index is 5.95. The molecule has 6 heteroatoms. The molecule has 1 unspecified atom stereocenters. The molecule has 1 atom stereocenters. The van der Waals surface area contributed by atoms with Gasteiger partial charge < -0.3 is 8.83 Å². The molecule has 27 heavy (non-hydrogen) atoms. The number of para-hydroxylation sites is 2. The second-order valence-corrected chi connectivity index (χ2v) is 6.86. The van der Waals surface area contributed by atoms with Crippen molar-refractivity contribution in [2.24, 2.45) is 0 Å². The van der Waals surface area contributed by atoms with E-state index in [9.17, 15) is 0 Å². The topological polar surface area (TPSA) is 68.2 Å². The highest BCUT2D eigenvalue weighted by Crippen LogP contribution is 2.34. The second kappa shape index (κ2) is 6.63. The van der Waals surface area contributed by atoms with Gasteiger partial charge in [-0.05, 0) is 29.7 Å². The van der Waals surface area contributed by atoms with Crippen molar-refractivity contribution in [1.29, 1.82) is 0 Å². The number of hydrogen-bond donors (Lipinski definition) is 0. The van der Waals surface area contributed by atoms with Crippen molar-refractivity contribution in [1.82, 2.24) is 20.1 Å². The third-order valence-electron chi connectivity index (χ3n) is 5.09. The van der Waals surface area contributed by atoms with Crippen LogP contribution in [0.3, 0.4) is 0 Å². The van der Waals surface area contributed by atoms with Crippen molar-refractivity contribution in [3.8, 4) is 0 Å². The summed E-state index contributed by atoms with van der Waals surface area (Å²) in [6, 6.07) is 16.4. The zero-order valence-electron chi connectivity index (χ0n) is 15.1. The minimum absolute atomic E-state index is 0.0164. The minimum atomic E-state index is 0.0164. The largest absolute Gasteiger partial charge is 0.439 e. The van der Waals surface area contributed by atoms with Crippen LogP contribution in [0.2, 0.25) is 0 Å². The van der Waals surface area contributed by atoms with Crippen LogP contribution in [-0.2, 0) is 25.9 Å². The number of fused-ring (bicyclic) bond motifs is 2. The first-order valence-corrected chi connectivity index (χ1v) is 9.27. The molecule has 2 aromatic heterocycles. The Labute approximate surface area is 156 Å². The highest BCUT2D eigenvalue weighted by Gasteiger charge is 2.32. The lowest BCUT2D eigenvalue weighted by Gasteiger charge is -2.34. The molecular weight excluding hydrogens is 340 g/mol. The molecule has 6 nitrogen and oxygen atoms in total. The minimum Gasteiger partial charge on any atom is -0.439 e. The highest BCUT2D eigenvalue weighted by molar-refractivity contribution is 5.72. The smallest absolute Gasteiger partial charge is 0.233 e. The van der Waals surface area contributed by atoms with Gasteiger partial charge in [-0.15, -0.1) is 10.2 Å². The maximum atomic E-state index is 5.95. The average Bonchev–Trinajstić information content (AvgIpc) is 3.33. The van der Waals surface area contributed by atoms with E-state index in [2.05, 4.69) is 44.3 Å². The van der Waals surface area contributed by atoms with E-state index in [1.54, 1.807) is 0 Å². The molecule has 0 fully saturated rings. The maximum Gasteiger partial charge on any atom is 0.233 e. The molecule has 0 bridgehead atoms. The summed E-state index contributed by atoms with van der Waals surface area (Å²) in [4.78, 5) is 6.94. The third kappa shape index (κ3) is 3.02. The van der Waals surface area contributed by atoms with Gasteiger partial charge >= 0.3 is 0 Å². The van der Waals surface area contributed by atoms with Gasteiger partial charge in [-0.1, -0.05) is 43.3 Å². The van der Waals surface area contributed by atoms with E-state index in [1.165, 1.54) is 11.1 Å². The lowest BCUT2D eigenvalue weighted by atomic mass is 9.94. The molecule has 0 N–H and O–H groups in total. The molecule has 0 aliphatic carbocycles. The molecule has 0 spiro atoms. The van der Waals surface area contributed by atoms with E-state index in [4.69, 9.17) is 8.83 Å². The fourth-order valence-electron chi connectivity index (χ4n) is 3.69. The van der Waals surface area contributed by atoms with Gasteiger partial charge in [0, 0.05) is 13.0 Å². The fourth-order valence-corrected chi connectivity index (χ4v) is 3.69. The Morgan fingerprint density at radius 2 is 1.78 bits per heavy atom. The summed E-state index contributed by atoms with van der Waals surface area (Å²) in [6.07, 6.45) is 1.57. The molecule has 136 valence electrons. The zero-order chi connectivity index (χ0) is 18.2. The Kier molecular flexibility index (Phi) is 3.98. The van der Waals surface area contributed by atoms with Gasteiger partial charge in [-0.3, -0.25) is 4.90 Å². The van der Waals surface area contributed by atoms with E-state index >= 15 is 0 Å². The summed E-state index contributed by atoms with van der Waals surface area (Å²) in [6.45, 7) is 3.41. The number of aryl methyl sites for hydroxylation is 1. The monoisotopic (exact) mass is 360 g/mol. The standard InChI is InChI=1S/C21H20N4O2/c1-2-19-23-24-21(27-19)17-11-14-7-3-4-8-15(14)12-25(17)13-20-22-16-9-5-6-10-18(16)26-20/h3-10,17H,2,11-13H2,1H3. The van der Waals surface area contributed by atoms with E-state index in [-0.39, 0.29) is 6.04 Å². The summed E-state index contributed by atoms with van der Waals surface area (Å²) in [7, 11) is 0. The molecule has 0 amide bonds. The number of benzene rings is 2. The Bertz CT molecular complexity index is 1050. The van der Waals surface area contributed by atoms with Gasteiger partial charge in [-0.25, -0.2) is 4.98 Å². The molecule has 4 aromatic rings. The Hall–Kier alpha value is -2.99. The average molecular weight is 360 g/mol. The summed E-state index contributed by atoms with van der Waals surface area (Å²) in [5, 5.41) is 8.47. The van der Waals surface area contributed by atoms with Crippen molar-refractivity contribution in [2.45, 2.75) is 38.9 Å². The van der Waals surface area contributed by atoms with Gasteiger partial charge in [0.05, 0.1) is 12.6 Å². The number of rotatable bonds is 4. The highest BCUT2D eigenvalue weighted by atomic mass is 16.4. The van der Waals surface area contributed by atoms with Gasteiger partial charge in [0.15, 0.2) is 5.58 Å². The van der Waals surface area contributed by atoms with Gasteiger partial charge in [0.2, 0.25) is 17.7 Å². The SMILES string of the molecule is CCc1nnc(C2Cc3ccccc3CN2Cc2nc3ccccc3o2)o1. The van der Waals surface area contributed by atoms with Gasteiger partial charge in [0.25, 0.3) is 0 Å². The summed E-state index contributed by atoms with van der Waals surface area (Å²) in [5.74, 6) is 2.04. The first-order valence-electron chi connectivity index (χ1n) is 9.27. The molecule has 0 radical (unpaired) electrons. The van der Waals surface area contributed by atoms with Crippen molar-refractivity contribution >= 4 is 11.1 Å². The molecule has 0 saturated heterocycles. The summed E-state index contributed by atoms with van der Waals surface area (Å²) >= 11 is 0. The van der Waals surface area contributed by atoms with Crippen LogP contribution in [0.15, 0.2) is 57.4 Å². The Morgan fingerprint density at radius 3 is 2.59 bits per heavy atom. The van der Waals surface area contributed by atoms with Crippen molar-refractivity contribution in [3.05, 3.63) is 77.3 Å². The van der Waals surface area contributed by atoms with Crippen LogP contribution in [0.5, 0.6) is 0 Å². The normalized spacial score (nSPS) is 17.3. The van der Waals surface area contributed by atoms with Crippen molar-refractivity contribution in [2.75, 3.05) is 0 Å². The summed E-state index contributed by atoms with van der Waals surface area (Å²) in [5.41, 5.74) is 4.34. The number of nitrogens with zero attached hydrogens (tertiary/aromatic N) is 4. The molecule has 2 aromatic carbocycles. The van der Waals surface area contributed by atoms with E-state index < -0.39 is 0 Å². The van der Waals surface area contributed by atoms with E-state index in [1.807, 2.05) is 31.2 Å². The van der Waals surface area contributed by atoms with Gasteiger partial charge in [-0.2, -0.15) is 0 Å². The van der Waals surface area contributed by atoms with E-state index in [0.29, 0.717) is 24.2 Å². The Morgan fingerprint density at radius 1 is 0.963 bits per heavy atom. The predicted octanol–water partition coefficient (Wildman–Crippen LogP) is 4.07. The molecule has 1 aliphatic rings. The van der Waals surface area contributed by atoms with Gasteiger partial charge in [0.1, 0.15) is 5.52 Å². The van der Waals surface area contributed by atoms with Crippen LogP contribution in [0, 0.1) is 0 Å². The predicted molar refractivity (Wildman–Crippen MR) is 99.8 cm³/mol. The molecule has 0 saturated carbocycles.